The Morgan fingerprint density at radius 2 is 1.47 bits per heavy atom. The molecular formula is C22H20F3N3O4. The number of carboxylic acids is 1. The van der Waals surface area contributed by atoms with Crippen LogP contribution in [0.1, 0.15) is 15.9 Å². The maximum atomic E-state index is 13.0. The molecule has 10 heteroatoms. The van der Waals surface area contributed by atoms with Gasteiger partial charge >= 0.3 is 12.1 Å². The minimum atomic E-state index is -4.41. The quantitative estimate of drug-likeness (QED) is 0.562. The summed E-state index contributed by atoms with van der Waals surface area (Å²) in [5, 5.41) is 30.1. The summed E-state index contributed by atoms with van der Waals surface area (Å²) in [5.41, 5.74) is 0.617. The third kappa shape index (κ3) is 4.03. The van der Waals surface area contributed by atoms with Crippen molar-refractivity contribution >= 4 is 17.3 Å². The average molecular weight is 447 g/mol. The van der Waals surface area contributed by atoms with Gasteiger partial charge in [-0.2, -0.15) is 13.2 Å². The number of halogens is 3. The van der Waals surface area contributed by atoms with Gasteiger partial charge in [0.2, 0.25) is 11.8 Å². The summed E-state index contributed by atoms with van der Waals surface area (Å²) in [4.78, 5) is 14.7. The van der Waals surface area contributed by atoms with Crippen LogP contribution in [0.4, 0.5) is 24.5 Å². The maximum absolute atomic E-state index is 13.0. The van der Waals surface area contributed by atoms with E-state index in [9.17, 15) is 28.2 Å². The van der Waals surface area contributed by atoms with Crippen molar-refractivity contribution in [3.05, 3.63) is 65.7 Å². The van der Waals surface area contributed by atoms with Gasteiger partial charge in [-0.15, -0.1) is 0 Å². The molecule has 4 rings (SSSR count). The molecule has 1 aromatic heterocycles. The van der Waals surface area contributed by atoms with Gasteiger partial charge in [0, 0.05) is 37.9 Å². The van der Waals surface area contributed by atoms with Crippen molar-refractivity contribution in [3.8, 4) is 17.4 Å². The Morgan fingerprint density at radius 1 is 0.844 bits per heavy atom. The lowest BCUT2D eigenvalue weighted by molar-refractivity contribution is -0.137. The molecule has 0 amide bonds. The fraction of sp³-hybridized carbons (Fsp3) is 0.227. The molecule has 0 saturated carbocycles. The highest BCUT2D eigenvalue weighted by molar-refractivity contribution is 5.87. The summed E-state index contributed by atoms with van der Waals surface area (Å²) < 4.78 is 40.2. The predicted molar refractivity (Wildman–Crippen MR) is 112 cm³/mol. The lowest BCUT2D eigenvalue weighted by Gasteiger charge is -2.37. The van der Waals surface area contributed by atoms with E-state index in [-0.39, 0.29) is 17.3 Å². The third-order valence-corrected chi connectivity index (χ3v) is 5.47. The standard InChI is InChI=1S/C22H20F3N3O4/c23-22(24,25)15-2-1-3-17(12-15)26-8-10-27(11-9-26)18-13-19(29)28(20(18)30)16-6-4-14(5-7-16)21(31)32/h1-7,12-13,29-30H,8-11H2,(H,31,32). The Hall–Kier alpha value is -3.82. The van der Waals surface area contributed by atoms with E-state index in [1.807, 2.05) is 9.80 Å². The molecule has 0 unspecified atom stereocenters. The molecule has 2 heterocycles. The molecule has 2 aromatic carbocycles. The number of hydrogen-bond donors (Lipinski definition) is 3. The lowest BCUT2D eigenvalue weighted by atomic mass is 10.1. The molecule has 0 bridgehead atoms. The molecule has 32 heavy (non-hydrogen) atoms. The predicted octanol–water partition coefficient (Wildman–Crippen LogP) is 3.93. The van der Waals surface area contributed by atoms with Crippen LogP contribution in [-0.4, -0.2) is 52.0 Å². The van der Waals surface area contributed by atoms with E-state index in [0.717, 1.165) is 12.1 Å². The zero-order valence-corrected chi connectivity index (χ0v) is 16.8. The number of hydrogen-bond acceptors (Lipinski definition) is 5. The lowest BCUT2D eigenvalue weighted by Crippen LogP contribution is -2.46. The van der Waals surface area contributed by atoms with Gasteiger partial charge in [-0.05, 0) is 42.5 Å². The monoisotopic (exact) mass is 447 g/mol. The Balaban J connectivity index is 1.51. The van der Waals surface area contributed by atoms with E-state index in [1.54, 1.807) is 6.07 Å². The van der Waals surface area contributed by atoms with Crippen LogP contribution in [0.2, 0.25) is 0 Å². The fourth-order valence-corrected chi connectivity index (χ4v) is 3.80. The minimum absolute atomic E-state index is 0.0748. The van der Waals surface area contributed by atoms with Crippen LogP contribution in [0.5, 0.6) is 11.8 Å². The van der Waals surface area contributed by atoms with Crippen LogP contribution < -0.4 is 9.80 Å². The van der Waals surface area contributed by atoms with Crippen molar-refractivity contribution in [2.45, 2.75) is 6.18 Å². The second-order valence-corrected chi connectivity index (χ2v) is 7.42. The topological polar surface area (TPSA) is 89.2 Å². The smallest absolute Gasteiger partial charge is 0.416 e. The molecule has 7 nitrogen and oxygen atoms in total. The van der Waals surface area contributed by atoms with Crippen LogP contribution >= 0.6 is 0 Å². The number of benzene rings is 2. The molecule has 1 aliphatic heterocycles. The van der Waals surface area contributed by atoms with Crippen LogP contribution in [0.15, 0.2) is 54.6 Å². The number of carboxylic acid groups (broad SMARTS) is 1. The Labute approximate surface area is 181 Å². The number of aromatic nitrogens is 1. The highest BCUT2D eigenvalue weighted by Gasteiger charge is 2.31. The van der Waals surface area contributed by atoms with Crippen molar-refractivity contribution in [1.82, 2.24) is 4.57 Å². The molecular weight excluding hydrogens is 427 g/mol. The molecule has 0 atom stereocenters. The van der Waals surface area contributed by atoms with Crippen LogP contribution in [0.3, 0.4) is 0 Å². The first-order chi connectivity index (χ1) is 15.1. The molecule has 1 fully saturated rings. The molecule has 0 radical (unpaired) electrons. The second-order valence-electron chi connectivity index (χ2n) is 7.42. The molecule has 3 N–H and O–H groups in total. The summed E-state index contributed by atoms with van der Waals surface area (Å²) in [6, 6.07) is 12.2. The fourth-order valence-electron chi connectivity index (χ4n) is 3.80. The molecule has 1 saturated heterocycles. The van der Waals surface area contributed by atoms with Crippen LogP contribution in [0, 0.1) is 0 Å². The van der Waals surface area contributed by atoms with Gasteiger partial charge < -0.3 is 25.1 Å². The Bertz CT molecular complexity index is 1130. The summed E-state index contributed by atoms with van der Waals surface area (Å²) in [6.07, 6.45) is -4.41. The van der Waals surface area contributed by atoms with Gasteiger partial charge in [0.15, 0.2) is 0 Å². The van der Waals surface area contributed by atoms with E-state index in [0.29, 0.717) is 43.2 Å². The van der Waals surface area contributed by atoms with Gasteiger partial charge in [0.25, 0.3) is 0 Å². The van der Waals surface area contributed by atoms with E-state index >= 15 is 0 Å². The molecule has 1 aliphatic rings. The SMILES string of the molecule is O=C(O)c1ccc(-n2c(O)cc(N3CCN(c4cccc(C(F)(F)F)c4)CC3)c2O)cc1. The van der Waals surface area contributed by atoms with Crippen molar-refractivity contribution in [2.75, 3.05) is 36.0 Å². The number of alkyl halides is 3. The number of anilines is 2. The number of piperazine rings is 1. The van der Waals surface area contributed by atoms with Crippen molar-refractivity contribution in [3.63, 3.8) is 0 Å². The third-order valence-electron chi connectivity index (χ3n) is 5.47. The number of carbonyl (C=O) groups is 1. The molecule has 168 valence electrons. The van der Waals surface area contributed by atoms with Gasteiger partial charge in [-0.1, -0.05) is 6.07 Å². The summed E-state index contributed by atoms with van der Waals surface area (Å²) in [6.45, 7) is 1.70. The van der Waals surface area contributed by atoms with E-state index in [1.165, 1.54) is 41.0 Å². The minimum Gasteiger partial charge on any atom is -0.494 e. The summed E-state index contributed by atoms with van der Waals surface area (Å²) in [7, 11) is 0. The largest absolute Gasteiger partial charge is 0.494 e. The van der Waals surface area contributed by atoms with Gasteiger partial charge in [0.1, 0.15) is 5.69 Å². The first kappa shape index (κ1) is 21.4. The maximum Gasteiger partial charge on any atom is 0.416 e. The highest BCUT2D eigenvalue weighted by atomic mass is 19.4. The second kappa shape index (κ2) is 8.03. The highest BCUT2D eigenvalue weighted by Crippen LogP contribution is 2.39. The van der Waals surface area contributed by atoms with Crippen molar-refractivity contribution in [2.24, 2.45) is 0 Å². The number of aromatic hydroxyl groups is 2. The van der Waals surface area contributed by atoms with Crippen molar-refractivity contribution in [1.29, 1.82) is 0 Å². The van der Waals surface area contributed by atoms with E-state index in [4.69, 9.17) is 5.11 Å². The average Bonchev–Trinajstić information content (AvgIpc) is 3.07. The van der Waals surface area contributed by atoms with Crippen LogP contribution in [-0.2, 0) is 6.18 Å². The van der Waals surface area contributed by atoms with E-state index < -0.39 is 17.7 Å². The zero-order valence-electron chi connectivity index (χ0n) is 16.8. The first-order valence-corrected chi connectivity index (χ1v) is 9.79. The Kier molecular flexibility index (Phi) is 5.37. The van der Waals surface area contributed by atoms with Crippen LogP contribution in [0.25, 0.3) is 5.69 Å². The zero-order chi connectivity index (χ0) is 23.0. The van der Waals surface area contributed by atoms with Gasteiger partial charge in [-0.3, -0.25) is 0 Å². The van der Waals surface area contributed by atoms with Gasteiger partial charge in [0.05, 0.1) is 16.8 Å². The number of nitrogens with zero attached hydrogens (tertiary/aromatic N) is 3. The van der Waals surface area contributed by atoms with E-state index in [2.05, 4.69) is 0 Å². The summed E-state index contributed by atoms with van der Waals surface area (Å²) >= 11 is 0. The molecule has 3 aromatic rings. The number of rotatable bonds is 4. The van der Waals surface area contributed by atoms with Crippen molar-refractivity contribution < 1.29 is 33.3 Å². The summed E-state index contributed by atoms with van der Waals surface area (Å²) in [5.74, 6) is -1.52. The Morgan fingerprint density at radius 3 is 2.06 bits per heavy atom. The van der Waals surface area contributed by atoms with Gasteiger partial charge in [-0.25, -0.2) is 9.36 Å². The first-order valence-electron chi connectivity index (χ1n) is 9.79. The normalized spacial score (nSPS) is 14.6. The number of aromatic carboxylic acids is 1. The molecule has 0 aliphatic carbocycles. The molecule has 0 spiro atoms.